The minimum absolute atomic E-state index is 0.0387. The molecule has 0 spiro atoms. The predicted octanol–water partition coefficient (Wildman–Crippen LogP) is 4.12. The Labute approximate surface area is 187 Å². The lowest BCUT2D eigenvalue weighted by atomic mass is 10.0. The summed E-state index contributed by atoms with van der Waals surface area (Å²) in [6, 6.07) is 9.56. The first-order valence-corrected chi connectivity index (χ1v) is 11.3. The maximum atomic E-state index is 13.7. The lowest BCUT2D eigenvalue weighted by Crippen LogP contribution is -2.36. The molecule has 2 aliphatic rings. The fourth-order valence-electron chi connectivity index (χ4n) is 5.11. The van der Waals surface area contributed by atoms with Crippen molar-refractivity contribution in [2.75, 3.05) is 27.3 Å². The summed E-state index contributed by atoms with van der Waals surface area (Å²) >= 11 is 0. The van der Waals surface area contributed by atoms with Crippen LogP contribution in [0, 0.1) is 0 Å². The molecule has 1 aliphatic heterocycles. The van der Waals surface area contributed by atoms with E-state index in [4.69, 9.17) is 9.47 Å². The van der Waals surface area contributed by atoms with Gasteiger partial charge in [0.15, 0.2) is 11.5 Å². The molecular weight excluding hydrogens is 404 g/mol. The molecule has 1 aromatic heterocycles. The Kier molecular flexibility index (Phi) is 5.37. The number of hydrogen-bond acceptors (Lipinski definition) is 4. The molecule has 0 atom stereocenters. The summed E-state index contributed by atoms with van der Waals surface area (Å²) in [5, 5.41) is 1.06. The van der Waals surface area contributed by atoms with Gasteiger partial charge in [0.2, 0.25) is 0 Å². The Balaban J connectivity index is 1.79. The van der Waals surface area contributed by atoms with Crippen LogP contribution in [0.15, 0.2) is 41.3 Å². The van der Waals surface area contributed by atoms with Gasteiger partial charge < -0.3 is 14.4 Å². The number of ether oxygens (including phenoxy) is 2. The van der Waals surface area contributed by atoms with Crippen LogP contribution in [-0.4, -0.2) is 42.7 Å². The number of carbonyl (C=O) groups excluding carboxylic acids is 1. The van der Waals surface area contributed by atoms with Crippen LogP contribution in [0.1, 0.15) is 47.2 Å². The number of amides is 1. The molecule has 6 heteroatoms. The van der Waals surface area contributed by atoms with Gasteiger partial charge in [0, 0.05) is 24.7 Å². The largest absolute Gasteiger partial charge is 0.493 e. The highest BCUT2D eigenvalue weighted by atomic mass is 16.5. The van der Waals surface area contributed by atoms with Crippen LogP contribution in [0.3, 0.4) is 0 Å². The maximum Gasteiger partial charge on any atom is 0.263 e. The lowest BCUT2D eigenvalue weighted by Gasteiger charge is -2.27. The number of likely N-dealkylation sites (tertiary alicyclic amines) is 1. The van der Waals surface area contributed by atoms with Crippen LogP contribution in [-0.2, 0) is 12.8 Å². The fraction of sp³-hybridized carbons (Fsp3) is 0.385. The second-order valence-electron chi connectivity index (χ2n) is 8.59. The first-order chi connectivity index (χ1) is 15.6. The van der Waals surface area contributed by atoms with E-state index in [1.807, 2.05) is 17.0 Å². The zero-order valence-corrected chi connectivity index (χ0v) is 18.6. The van der Waals surface area contributed by atoms with Gasteiger partial charge in [0.05, 0.1) is 30.9 Å². The Hall–Kier alpha value is -3.28. The van der Waals surface area contributed by atoms with Crippen LogP contribution in [0.25, 0.3) is 16.5 Å². The van der Waals surface area contributed by atoms with Crippen molar-refractivity contribution >= 4 is 16.7 Å². The highest BCUT2D eigenvalue weighted by Gasteiger charge is 2.25. The molecule has 1 saturated heterocycles. The Bertz CT molecular complexity index is 1250. The third kappa shape index (κ3) is 3.34. The smallest absolute Gasteiger partial charge is 0.263 e. The van der Waals surface area contributed by atoms with Crippen LogP contribution in [0.4, 0.5) is 0 Å². The van der Waals surface area contributed by atoms with Gasteiger partial charge >= 0.3 is 0 Å². The van der Waals surface area contributed by atoms with E-state index in [2.05, 4.69) is 6.07 Å². The zero-order chi connectivity index (χ0) is 22.2. The lowest BCUT2D eigenvalue weighted by molar-refractivity contribution is 0.0725. The summed E-state index contributed by atoms with van der Waals surface area (Å²) in [6.45, 7) is 1.49. The molecule has 32 heavy (non-hydrogen) atoms. The van der Waals surface area contributed by atoms with Gasteiger partial charge in [-0.05, 0) is 67.9 Å². The first kappa shape index (κ1) is 20.6. The number of nitrogens with zero attached hydrogens (tertiary/aromatic N) is 2. The van der Waals surface area contributed by atoms with Gasteiger partial charge in [-0.1, -0.05) is 12.1 Å². The van der Waals surface area contributed by atoms with E-state index in [1.54, 1.807) is 37.1 Å². The maximum absolute atomic E-state index is 13.7. The Morgan fingerprint density at radius 3 is 2.34 bits per heavy atom. The summed E-state index contributed by atoms with van der Waals surface area (Å²) in [4.78, 5) is 29.2. The number of methoxy groups -OCH3 is 2. The van der Waals surface area contributed by atoms with E-state index >= 15 is 0 Å². The van der Waals surface area contributed by atoms with Crippen molar-refractivity contribution in [2.24, 2.45) is 0 Å². The molecule has 0 radical (unpaired) electrons. The average Bonchev–Trinajstić information content (AvgIpc) is 3.33. The molecule has 0 unspecified atom stereocenters. The number of aromatic nitrogens is 1. The summed E-state index contributed by atoms with van der Waals surface area (Å²) in [5.74, 6) is 0.943. The molecule has 0 saturated carbocycles. The average molecular weight is 433 g/mol. The van der Waals surface area contributed by atoms with Crippen molar-refractivity contribution in [3.63, 3.8) is 0 Å². The van der Waals surface area contributed by atoms with E-state index < -0.39 is 0 Å². The van der Waals surface area contributed by atoms with E-state index in [-0.39, 0.29) is 11.5 Å². The normalized spacial score (nSPS) is 15.6. The number of piperidine rings is 1. The quantitative estimate of drug-likeness (QED) is 0.622. The van der Waals surface area contributed by atoms with E-state index in [1.165, 1.54) is 11.1 Å². The second kappa shape index (κ2) is 8.34. The monoisotopic (exact) mass is 432 g/mol. The number of benzene rings is 2. The molecule has 0 bridgehead atoms. The number of rotatable bonds is 4. The molecule has 3 aromatic rings. The Morgan fingerprint density at radius 2 is 1.62 bits per heavy atom. The SMILES string of the molecule is COc1cc2c(C(=O)N3CCCCC3)cn(-c3cccc4c3CCC4)c(=O)c2cc1OC. The molecule has 6 nitrogen and oxygen atoms in total. The van der Waals surface area contributed by atoms with Crippen molar-refractivity contribution in [2.45, 2.75) is 38.5 Å². The predicted molar refractivity (Wildman–Crippen MR) is 124 cm³/mol. The number of aryl methyl sites for hydroxylation is 1. The van der Waals surface area contributed by atoms with Gasteiger partial charge in [-0.25, -0.2) is 0 Å². The molecule has 5 rings (SSSR count). The number of fused-ring (bicyclic) bond motifs is 2. The molecule has 2 aromatic carbocycles. The summed E-state index contributed by atoms with van der Waals surface area (Å²) in [5.41, 5.74) is 3.72. The van der Waals surface area contributed by atoms with Crippen molar-refractivity contribution in [3.05, 3.63) is 63.6 Å². The molecule has 2 heterocycles. The summed E-state index contributed by atoms with van der Waals surface area (Å²) in [7, 11) is 3.11. The zero-order valence-electron chi connectivity index (χ0n) is 18.6. The molecule has 1 aliphatic carbocycles. The third-order valence-corrected chi connectivity index (χ3v) is 6.78. The highest BCUT2D eigenvalue weighted by molar-refractivity contribution is 6.07. The van der Waals surface area contributed by atoms with Crippen LogP contribution >= 0.6 is 0 Å². The van der Waals surface area contributed by atoms with Crippen LogP contribution < -0.4 is 15.0 Å². The van der Waals surface area contributed by atoms with Crippen molar-refractivity contribution < 1.29 is 14.3 Å². The number of carbonyl (C=O) groups is 1. The van der Waals surface area contributed by atoms with Crippen molar-refractivity contribution in [1.29, 1.82) is 0 Å². The van der Waals surface area contributed by atoms with Gasteiger partial charge in [-0.3, -0.25) is 14.2 Å². The van der Waals surface area contributed by atoms with Crippen LogP contribution in [0.2, 0.25) is 0 Å². The standard InChI is InChI=1S/C26H28N2O4/c1-31-23-14-19-20(15-24(23)32-2)26(30)28(22-11-7-9-17-8-6-10-18(17)22)16-21(19)25(29)27-12-4-3-5-13-27/h7,9,11,14-16H,3-6,8,10,12-13H2,1-2H3. The molecule has 1 amide bonds. The van der Waals surface area contributed by atoms with E-state index in [0.29, 0.717) is 27.8 Å². The van der Waals surface area contributed by atoms with Gasteiger partial charge in [0.25, 0.3) is 11.5 Å². The third-order valence-electron chi connectivity index (χ3n) is 6.78. The minimum atomic E-state index is -0.156. The molecular formula is C26H28N2O4. The number of hydrogen-bond donors (Lipinski definition) is 0. The topological polar surface area (TPSA) is 60.8 Å². The van der Waals surface area contributed by atoms with Crippen LogP contribution in [0.5, 0.6) is 11.5 Å². The van der Waals surface area contributed by atoms with Crippen molar-refractivity contribution in [3.8, 4) is 17.2 Å². The minimum Gasteiger partial charge on any atom is -0.493 e. The second-order valence-corrected chi connectivity index (χ2v) is 8.59. The summed E-state index contributed by atoms with van der Waals surface area (Å²) in [6.07, 6.45) is 7.94. The highest BCUT2D eigenvalue weighted by Crippen LogP contribution is 2.34. The molecule has 1 fully saturated rings. The molecule has 166 valence electrons. The van der Waals surface area contributed by atoms with Crippen molar-refractivity contribution in [1.82, 2.24) is 9.47 Å². The van der Waals surface area contributed by atoms with Gasteiger partial charge in [0.1, 0.15) is 0 Å². The van der Waals surface area contributed by atoms with Gasteiger partial charge in [-0.15, -0.1) is 0 Å². The Morgan fingerprint density at radius 1 is 0.906 bits per heavy atom. The summed E-state index contributed by atoms with van der Waals surface area (Å²) < 4.78 is 12.6. The first-order valence-electron chi connectivity index (χ1n) is 11.3. The fourth-order valence-corrected chi connectivity index (χ4v) is 5.11. The van der Waals surface area contributed by atoms with E-state index in [9.17, 15) is 9.59 Å². The van der Waals surface area contributed by atoms with E-state index in [0.717, 1.165) is 57.3 Å². The molecule has 0 N–H and O–H groups in total. The number of pyridine rings is 1. The van der Waals surface area contributed by atoms with Gasteiger partial charge in [-0.2, -0.15) is 0 Å².